The largest absolute Gasteiger partial charge is 0.380 e. The molecule has 2 heterocycles. The number of rotatable bonds is 2. The maximum atomic E-state index is 9.15. The molecule has 4 heteroatoms. The summed E-state index contributed by atoms with van der Waals surface area (Å²) in [6.07, 6.45) is 1.68. The summed E-state index contributed by atoms with van der Waals surface area (Å²) in [7, 11) is 0. The van der Waals surface area contributed by atoms with E-state index in [4.69, 9.17) is 10.00 Å². The molecule has 1 aliphatic heterocycles. The van der Waals surface area contributed by atoms with Crippen LogP contribution < -0.4 is 0 Å². The topological polar surface area (TPSA) is 33.0 Å². The summed E-state index contributed by atoms with van der Waals surface area (Å²) in [6.45, 7) is 1.30. The molecule has 0 saturated carbocycles. The Labute approximate surface area is 95.6 Å². The van der Waals surface area contributed by atoms with Crippen LogP contribution in [0, 0.1) is 16.7 Å². The Bertz CT molecular complexity index is 362. The average molecular weight is 272 g/mol. The Morgan fingerprint density at radius 3 is 3.07 bits per heavy atom. The van der Waals surface area contributed by atoms with Crippen molar-refractivity contribution in [2.24, 2.45) is 5.41 Å². The number of ether oxygens (including phenoxy) is 1. The number of hydrogen-bond donors (Lipinski definition) is 0. The zero-order valence-corrected chi connectivity index (χ0v) is 10.0. The standard InChI is InChI=1S/C10H10BrNOS/c11-8-3-9(14-5-8)4-10(6-12)1-2-13-7-10/h3,5H,1-2,4,7H2. The van der Waals surface area contributed by atoms with Crippen LogP contribution in [0.1, 0.15) is 11.3 Å². The summed E-state index contributed by atoms with van der Waals surface area (Å²) in [5.41, 5.74) is -0.274. The third kappa shape index (κ3) is 2.00. The number of nitriles is 1. The van der Waals surface area contributed by atoms with Crippen LogP contribution in [-0.2, 0) is 11.2 Å². The molecule has 1 unspecified atom stereocenters. The highest BCUT2D eigenvalue weighted by Crippen LogP contribution is 2.34. The molecule has 0 aromatic carbocycles. The molecule has 2 rings (SSSR count). The van der Waals surface area contributed by atoms with E-state index in [1.807, 2.05) is 0 Å². The van der Waals surface area contributed by atoms with Crippen molar-refractivity contribution in [3.8, 4) is 6.07 Å². The number of halogens is 1. The monoisotopic (exact) mass is 271 g/mol. The van der Waals surface area contributed by atoms with Gasteiger partial charge < -0.3 is 4.74 Å². The van der Waals surface area contributed by atoms with Crippen molar-refractivity contribution >= 4 is 27.3 Å². The van der Waals surface area contributed by atoms with Gasteiger partial charge in [-0.15, -0.1) is 11.3 Å². The van der Waals surface area contributed by atoms with Gasteiger partial charge in [0.25, 0.3) is 0 Å². The summed E-state index contributed by atoms with van der Waals surface area (Å²) >= 11 is 5.11. The first-order valence-corrected chi connectivity index (χ1v) is 6.13. The van der Waals surface area contributed by atoms with Crippen molar-refractivity contribution < 1.29 is 4.74 Å². The molecule has 2 nitrogen and oxygen atoms in total. The zero-order valence-electron chi connectivity index (χ0n) is 7.62. The first-order chi connectivity index (χ1) is 6.74. The Kier molecular flexibility index (Phi) is 2.91. The van der Waals surface area contributed by atoms with Crippen LogP contribution in [-0.4, -0.2) is 13.2 Å². The van der Waals surface area contributed by atoms with Crippen LogP contribution in [0.25, 0.3) is 0 Å². The van der Waals surface area contributed by atoms with E-state index in [1.54, 1.807) is 11.3 Å². The van der Waals surface area contributed by atoms with E-state index in [2.05, 4.69) is 33.4 Å². The molecule has 1 aromatic rings. The van der Waals surface area contributed by atoms with E-state index in [0.717, 1.165) is 23.9 Å². The second-order valence-corrected chi connectivity index (χ2v) is 5.51. The predicted octanol–water partition coefficient (Wildman–Crippen LogP) is 2.98. The molecule has 0 bridgehead atoms. The summed E-state index contributed by atoms with van der Waals surface area (Å²) in [4.78, 5) is 1.25. The van der Waals surface area contributed by atoms with E-state index >= 15 is 0 Å². The Hall–Kier alpha value is -0.370. The summed E-state index contributed by atoms with van der Waals surface area (Å²) in [5.74, 6) is 0. The first-order valence-electron chi connectivity index (χ1n) is 4.46. The van der Waals surface area contributed by atoms with E-state index < -0.39 is 0 Å². The van der Waals surface area contributed by atoms with Gasteiger partial charge in [0, 0.05) is 27.8 Å². The minimum absolute atomic E-state index is 0.274. The number of hydrogen-bond acceptors (Lipinski definition) is 3. The lowest BCUT2D eigenvalue weighted by Crippen LogP contribution is -2.21. The minimum atomic E-state index is -0.274. The van der Waals surface area contributed by atoms with Gasteiger partial charge in [0.05, 0.1) is 18.1 Å². The van der Waals surface area contributed by atoms with Gasteiger partial charge in [-0.2, -0.15) is 5.26 Å². The van der Waals surface area contributed by atoms with Crippen LogP contribution in [0.15, 0.2) is 15.9 Å². The van der Waals surface area contributed by atoms with Gasteiger partial charge in [-0.05, 0) is 28.4 Å². The minimum Gasteiger partial charge on any atom is -0.380 e. The zero-order chi connectivity index (χ0) is 10.0. The average Bonchev–Trinajstić information content (AvgIpc) is 2.77. The molecule has 14 heavy (non-hydrogen) atoms. The summed E-state index contributed by atoms with van der Waals surface area (Å²) in [5, 5.41) is 11.2. The molecule has 0 N–H and O–H groups in total. The van der Waals surface area contributed by atoms with Gasteiger partial charge in [-0.3, -0.25) is 0 Å². The predicted molar refractivity (Wildman–Crippen MR) is 59.2 cm³/mol. The maximum Gasteiger partial charge on any atom is 0.0876 e. The quantitative estimate of drug-likeness (QED) is 0.829. The Morgan fingerprint density at radius 2 is 2.57 bits per heavy atom. The summed E-state index contributed by atoms with van der Waals surface area (Å²) < 4.78 is 6.40. The molecule has 74 valence electrons. The molecule has 1 aromatic heterocycles. The van der Waals surface area contributed by atoms with Crippen molar-refractivity contribution in [1.82, 2.24) is 0 Å². The molecular weight excluding hydrogens is 262 g/mol. The van der Waals surface area contributed by atoms with Gasteiger partial charge in [0.1, 0.15) is 0 Å². The lowest BCUT2D eigenvalue weighted by molar-refractivity contribution is 0.172. The van der Waals surface area contributed by atoms with Gasteiger partial charge in [-0.1, -0.05) is 0 Å². The second kappa shape index (κ2) is 4.01. The van der Waals surface area contributed by atoms with Crippen molar-refractivity contribution in [2.45, 2.75) is 12.8 Å². The van der Waals surface area contributed by atoms with Crippen molar-refractivity contribution in [1.29, 1.82) is 5.26 Å². The lowest BCUT2D eigenvalue weighted by Gasteiger charge is -2.16. The molecule has 1 atom stereocenters. The molecule has 1 aliphatic rings. The van der Waals surface area contributed by atoms with E-state index in [9.17, 15) is 0 Å². The smallest absolute Gasteiger partial charge is 0.0876 e. The SMILES string of the molecule is N#CC1(Cc2cc(Br)cs2)CCOC1. The van der Waals surface area contributed by atoms with Crippen molar-refractivity contribution in [3.63, 3.8) is 0 Å². The molecule has 0 amide bonds. The number of nitrogens with zero attached hydrogens (tertiary/aromatic N) is 1. The van der Waals surface area contributed by atoms with Crippen LogP contribution in [0.3, 0.4) is 0 Å². The van der Waals surface area contributed by atoms with Gasteiger partial charge in [0.15, 0.2) is 0 Å². The van der Waals surface area contributed by atoms with Gasteiger partial charge in [-0.25, -0.2) is 0 Å². The highest BCUT2D eigenvalue weighted by atomic mass is 79.9. The highest BCUT2D eigenvalue weighted by Gasteiger charge is 2.35. The fourth-order valence-corrected chi connectivity index (χ4v) is 3.25. The number of thiophene rings is 1. The van der Waals surface area contributed by atoms with Crippen LogP contribution in [0.4, 0.5) is 0 Å². The van der Waals surface area contributed by atoms with Crippen molar-refractivity contribution in [3.05, 3.63) is 20.8 Å². The van der Waals surface area contributed by atoms with E-state index in [0.29, 0.717) is 6.61 Å². The molecule has 0 aliphatic carbocycles. The van der Waals surface area contributed by atoms with Crippen LogP contribution in [0.5, 0.6) is 0 Å². The normalized spacial score (nSPS) is 26.3. The summed E-state index contributed by atoms with van der Waals surface area (Å²) in [6, 6.07) is 4.49. The maximum absolute atomic E-state index is 9.15. The molecule has 1 saturated heterocycles. The van der Waals surface area contributed by atoms with E-state index in [-0.39, 0.29) is 5.41 Å². The third-order valence-electron chi connectivity index (χ3n) is 2.47. The lowest BCUT2D eigenvalue weighted by atomic mass is 9.85. The van der Waals surface area contributed by atoms with Gasteiger partial charge in [0.2, 0.25) is 0 Å². The molecular formula is C10H10BrNOS. The third-order valence-corrected chi connectivity index (χ3v) is 4.17. The van der Waals surface area contributed by atoms with Gasteiger partial charge >= 0.3 is 0 Å². The fourth-order valence-electron chi connectivity index (χ4n) is 1.65. The van der Waals surface area contributed by atoms with Crippen molar-refractivity contribution in [2.75, 3.05) is 13.2 Å². The first kappa shape index (κ1) is 10.2. The second-order valence-electron chi connectivity index (χ2n) is 3.60. The highest BCUT2D eigenvalue weighted by molar-refractivity contribution is 9.10. The fraction of sp³-hybridized carbons (Fsp3) is 0.500. The Balaban J connectivity index is 2.13. The molecule has 1 fully saturated rings. The van der Waals surface area contributed by atoms with Crippen LogP contribution in [0.2, 0.25) is 0 Å². The van der Waals surface area contributed by atoms with E-state index in [1.165, 1.54) is 4.88 Å². The van der Waals surface area contributed by atoms with Crippen LogP contribution >= 0.6 is 27.3 Å². The Morgan fingerprint density at radius 1 is 1.71 bits per heavy atom. The molecule has 0 spiro atoms. The molecule has 0 radical (unpaired) electrons.